The van der Waals surface area contributed by atoms with Crippen LogP contribution in [0.1, 0.15) is 32.1 Å². The van der Waals surface area contributed by atoms with Gasteiger partial charge in [-0.05, 0) is 12.8 Å². The van der Waals surface area contributed by atoms with E-state index in [1.807, 2.05) is 0 Å². The molecular weight excluding hydrogens is 194 g/mol. The Hall–Kier alpha value is -0.160. The fraction of sp³-hybridized carbons (Fsp3) is 1.00. The molecule has 2 fully saturated rings. The third-order valence-electron chi connectivity index (χ3n) is 3.45. The predicted molar refractivity (Wildman–Crippen MR) is 56.7 cm³/mol. The molecule has 4 heteroatoms. The Kier molecular flexibility index (Phi) is 3.61. The van der Waals surface area contributed by atoms with Crippen molar-refractivity contribution in [1.82, 2.24) is 5.32 Å². The second-order valence-electron chi connectivity index (χ2n) is 4.92. The zero-order valence-electron chi connectivity index (χ0n) is 9.11. The summed E-state index contributed by atoms with van der Waals surface area (Å²) >= 11 is 0. The summed E-state index contributed by atoms with van der Waals surface area (Å²) in [4.78, 5) is 0. The lowest BCUT2D eigenvalue weighted by Gasteiger charge is -2.29. The summed E-state index contributed by atoms with van der Waals surface area (Å²) in [6.07, 6.45) is 4.35. The van der Waals surface area contributed by atoms with E-state index in [9.17, 15) is 10.2 Å². The first kappa shape index (κ1) is 11.3. The summed E-state index contributed by atoms with van der Waals surface area (Å²) in [5.74, 6) is 0. The highest BCUT2D eigenvalue weighted by Crippen LogP contribution is 2.24. The van der Waals surface area contributed by atoms with E-state index in [0.717, 1.165) is 0 Å². The van der Waals surface area contributed by atoms with Gasteiger partial charge in [-0.15, -0.1) is 0 Å². The van der Waals surface area contributed by atoms with Crippen LogP contribution in [0.4, 0.5) is 0 Å². The largest absolute Gasteiger partial charge is 0.392 e. The van der Waals surface area contributed by atoms with Crippen molar-refractivity contribution in [1.29, 1.82) is 0 Å². The highest BCUT2D eigenvalue weighted by Gasteiger charge is 2.34. The zero-order valence-corrected chi connectivity index (χ0v) is 9.11. The first-order valence-corrected chi connectivity index (χ1v) is 5.90. The lowest BCUT2D eigenvalue weighted by atomic mass is 9.92. The number of hydrogen-bond acceptors (Lipinski definition) is 4. The molecule has 0 amide bonds. The van der Waals surface area contributed by atoms with Gasteiger partial charge in [0.15, 0.2) is 0 Å². The zero-order chi connectivity index (χ0) is 10.7. The Labute approximate surface area is 90.6 Å². The van der Waals surface area contributed by atoms with Gasteiger partial charge in [0, 0.05) is 32.0 Å². The summed E-state index contributed by atoms with van der Waals surface area (Å²) < 4.78 is 5.14. The van der Waals surface area contributed by atoms with Crippen LogP contribution < -0.4 is 5.32 Å². The van der Waals surface area contributed by atoms with E-state index in [0.29, 0.717) is 38.6 Å². The molecule has 1 saturated heterocycles. The van der Waals surface area contributed by atoms with Gasteiger partial charge in [-0.25, -0.2) is 0 Å². The van der Waals surface area contributed by atoms with Gasteiger partial charge in [0.05, 0.1) is 18.3 Å². The molecule has 15 heavy (non-hydrogen) atoms. The van der Waals surface area contributed by atoms with E-state index in [2.05, 4.69) is 5.32 Å². The number of aliphatic hydroxyl groups is 2. The fourth-order valence-electron chi connectivity index (χ4n) is 2.18. The smallest absolute Gasteiger partial charge is 0.0927 e. The normalized spacial score (nSPS) is 34.0. The standard InChI is InChI=1S/C11H21NO3/c13-10(7-12-9-2-1-3-9)6-11(14)4-5-15-8-11/h9-10,12-14H,1-8H2. The van der Waals surface area contributed by atoms with Gasteiger partial charge < -0.3 is 20.3 Å². The van der Waals surface area contributed by atoms with Gasteiger partial charge in [0.1, 0.15) is 0 Å². The number of aliphatic hydroxyl groups excluding tert-OH is 1. The minimum Gasteiger partial charge on any atom is -0.392 e. The molecule has 0 aromatic carbocycles. The van der Waals surface area contributed by atoms with Crippen LogP contribution in [-0.4, -0.2) is 47.7 Å². The monoisotopic (exact) mass is 215 g/mol. The van der Waals surface area contributed by atoms with E-state index in [4.69, 9.17) is 4.74 Å². The average Bonchev–Trinajstić information content (AvgIpc) is 2.49. The van der Waals surface area contributed by atoms with Gasteiger partial charge in [0.25, 0.3) is 0 Å². The van der Waals surface area contributed by atoms with Crippen LogP contribution in [0.15, 0.2) is 0 Å². The maximum absolute atomic E-state index is 9.99. The molecule has 0 bridgehead atoms. The van der Waals surface area contributed by atoms with Crippen LogP contribution in [0, 0.1) is 0 Å². The minimum absolute atomic E-state index is 0.369. The summed E-state index contributed by atoms with van der Waals surface area (Å²) in [5.41, 5.74) is -0.791. The van der Waals surface area contributed by atoms with Crippen molar-refractivity contribution >= 4 is 0 Å². The second kappa shape index (κ2) is 4.78. The van der Waals surface area contributed by atoms with E-state index in [1.165, 1.54) is 19.3 Å². The van der Waals surface area contributed by atoms with Crippen LogP contribution in [0.25, 0.3) is 0 Å². The Morgan fingerprint density at radius 1 is 1.47 bits per heavy atom. The van der Waals surface area contributed by atoms with Crippen LogP contribution in [0.3, 0.4) is 0 Å². The van der Waals surface area contributed by atoms with Crippen molar-refractivity contribution in [3.8, 4) is 0 Å². The van der Waals surface area contributed by atoms with Gasteiger partial charge in [-0.1, -0.05) is 6.42 Å². The van der Waals surface area contributed by atoms with Crippen LogP contribution in [0.5, 0.6) is 0 Å². The molecule has 1 heterocycles. The number of nitrogens with one attached hydrogen (secondary N) is 1. The molecule has 2 atom stereocenters. The molecule has 3 N–H and O–H groups in total. The molecule has 1 aliphatic carbocycles. The number of hydrogen-bond donors (Lipinski definition) is 3. The molecule has 0 aromatic rings. The van der Waals surface area contributed by atoms with Crippen LogP contribution >= 0.6 is 0 Å². The highest BCUT2D eigenvalue weighted by molar-refractivity contribution is 4.86. The van der Waals surface area contributed by atoms with E-state index < -0.39 is 11.7 Å². The molecule has 0 aromatic heterocycles. The lowest BCUT2D eigenvalue weighted by molar-refractivity contribution is -0.0173. The molecule has 88 valence electrons. The molecular formula is C11H21NO3. The highest BCUT2D eigenvalue weighted by atomic mass is 16.5. The quantitative estimate of drug-likeness (QED) is 0.605. The summed E-state index contributed by atoms with van der Waals surface area (Å²) in [6.45, 7) is 1.57. The minimum atomic E-state index is -0.791. The van der Waals surface area contributed by atoms with Crippen LogP contribution in [-0.2, 0) is 4.74 Å². The van der Waals surface area contributed by atoms with Gasteiger partial charge in [0.2, 0.25) is 0 Å². The first-order chi connectivity index (χ1) is 7.18. The second-order valence-corrected chi connectivity index (χ2v) is 4.92. The third-order valence-corrected chi connectivity index (χ3v) is 3.45. The third kappa shape index (κ3) is 3.14. The van der Waals surface area contributed by atoms with Crippen molar-refractivity contribution < 1.29 is 14.9 Å². The van der Waals surface area contributed by atoms with Crippen LogP contribution in [0.2, 0.25) is 0 Å². The molecule has 2 aliphatic rings. The van der Waals surface area contributed by atoms with E-state index >= 15 is 0 Å². The molecule has 1 aliphatic heterocycles. The summed E-state index contributed by atoms with van der Waals surface area (Å²) in [5, 5.41) is 23.1. The number of rotatable bonds is 5. The topological polar surface area (TPSA) is 61.7 Å². The van der Waals surface area contributed by atoms with Crippen molar-refractivity contribution in [2.75, 3.05) is 19.8 Å². The molecule has 0 radical (unpaired) electrons. The molecule has 4 nitrogen and oxygen atoms in total. The maximum Gasteiger partial charge on any atom is 0.0927 e. The lowest BCUT2D eigenvalue weighted by Crippen LogP contribution is -2.43. The van der Waals surface area contributed by atoms with Crippen molar-refractivity contribution in [3.63, 3.8) is 0 Å². The van der Waals surface area contributed by atoms with Gasteiger partial charge in [-0.3, -0.25) is 0 Å². The molecule has 1 saturated carbocycles. The van der Waals surface area contributed by atoms with Crippen molar-refractivity contribution in [2.45, 2.75) is 49.9 Å². The van der Waals surface area contributed by atoms with Crippen molar-refractivity contribution in [2.24, 2.45) is 0 Å². The molecule has 2 unspecified atom stereocenters. The van der Waals surface area contributed by atoms with Gasteiger partial charge in [-0.2, -0.15) is 0 Å². The Morgan fingerprint density at radius 3 is 2.80 bits per heavy atom. The SMILES string of the molecule is OC(CNC1CCC1)CC1(O)CCOC1. The Bertz CT molecular complexity index is 200. The molecule has 2 rings (SSSR count). The Balaban J connectivity index is 1.64. The first-order valence-electron chi connectivity index (χ1n) is 5.90. The summed E-state index contributed by atoms with van der Waals surface area (Å²) in [7, 11) is 0. The number of ether oxygens (including phenoxy) is 1. The predicted octanol–water partition coefficient (Wildman–Crippen LogP) is 0.0309. The molecule has 0 spiro atoms. The Morgan fingerprint density at radius 2 is 2.27 bits per heavy atom. The average molecular weight is 215 g/mol. The fourth-order valence-corrected chi connectivity index (χ4v) is 2.18. The van der Waals surface area contributed by atoms with Crippen molar-refractivity contribution in [3.05, 3.63) is 0 Å². The maximum atomic E-state index is 9.99. The van der Waals surface area contributed by atoms with E-state index in [1.54, 1.807) is 0 Å². The summed E-state index contributed by atoms with van der Waals surface area (Å²) in [6, 6.07) is 0.592. The van der Waals surface area contributed by atoms with Gasteiger partial charge >= 0.3 is 0 Å². The van der Waals surface area contributed by atoms with E-state index in [-0.39, 0.29) is 0 Å².